The smallest absolute Gasteiger partial charge is 0.417 e. The zero-order valence-electron chi connectivity index (χ0n) is 10.8. The van der Waals surface area contributed by atoms with Crippen molar-refractivity contribution in [2.75, 3.05) is 5.73 Å². The van der Waals surface area contributed by atoms with Gasteiger partial charge in [0.05, 0.1) is 16.7 Å². The Morgan fingerprint density at radius 1 is 1.25 bits per heavy atom. The van der Waals surface area contributed by atoms with E-state index >= 15 is 0 Å². The topological polar surface area (TPSA) is 80.4 Å². The summed E-state index contributed by atoms with van der Waals surface area (Å²) in [6.45, 7) is 1.81. The number of rotatable bonds is 5. The van der Waals surface area contributed by atoms with E-state index in [1.807, 2.05) is 0 Å². The number of aromatic carboxylic acids is 1. The summed E-state index contributed by atoms with van der Waals surface area (Å²) in [4.78, 5) is 23.0. The molecule has 0 amide bonds. The van der Waals surface area contributed by atoms with E-state index in [9.17, 15) is 22.8 Å². The fourth-order valence-electron chi connectivity index (χ4n) is 1.84. The molecule has 0 aliphatic carbocycles. The largest absolute Gasteiger partial charge is 0.478 e. The number of carbonyl (C=O) groups is 2. The maximum absolute atomic E-state index is 12.8. The Hall–Kier alpha value is -2.05. The number of halogens is 3. The second-order valence-corrected chi connectivity index (χ2v) is 4.28. The third-order valence-electron chi connectivity index (χ3n) is 2.79. The number of anilines is 1. The summed E-state index contributed by atoms with van der Waals surface area (Å²) in [5, 5.41) is 9.00. The summed E-state index contributed by atoms with van der Waals surface area (Å²) in [6, 6.07) is 1.49. The summed E-state index contributed by atoms with van der Waals surface area (Å²) < 4.78 is 38.5. The molecule has 0 aromatic heterocycles. The Kier molecular flexibility index (Phi) is 4.75. The van der Waals surface area contributed by atoms with E-state index in [1.54, 1.807) is 6.92 Å². The number of unbranched alkanes of at least 4 members (excludes halogenated alkanes) is 1. The maximum atomic E-state index is 12.8. The van der Waals surface area contributed by atoms with Gasteiger partial charge in [-0.15, -0.1) is 0 Å². The SMILES string of the molecule is CCCCC(=O)c1c(N)ccc(C(F)(F)F)c1C(=O)O. The molecule has 0 saturated heterocycles. The number of nitrogens with two attached hydrogens (primary N) is 1. The number of benzene rings is 1. The first kappa shape index (κ1) is 16.0. The molecule has 0 aliphatic rings. The highest BCUT2D eigenvalue weighted by Gasteiger charge is 2.38. The van der Waals surface area contributed by atoms with Gasteiger partial charge in [0.15, 0.2) is 5.78 Å². The summed E-state index contributed by atoms with van der Waals surface area (Å²) in [5.41, 5.74) is 2.25. The molecule has 0 atom stereocenters. The fourth-order valence-corrected chi connectivity index (χ4v) is 1.84. The lowest BCUT2D eigenvalue weighted by molar-refractivity contribution is -0.138. The number of ketones is 1. The van der Waals surface area contributed by atoms with Gasteiger partial charge in [-0.1, -0.05) is 13.3 Å². The molecule has 4 nitrogen and oxygen atoms in total. The van der Waals surface area contributed by atoms with Crippen LogP contribution in [-0.2, 0) is 6.18 Å². The van der Waals surface area contributed by atoms with Crippen LogP contribution < -0.4 is 5.73 Å². The Balaban J connectivity index is 3.49. The second kappa shape index (κ2) is 5.94. The van der Waals surface area contributed by atoms with E-state index in [-0.39, 0.29) is 12.1 Å². The molecule has 1 aromatic rings. The summed E-state index contributed by atoms with van der Waals surface area (Å²) in [7, 11) is 0. The Bertz CT molecular complexity index is 538. The van der Waals surface area contributed by atoms with Crippen LogP contribution in [0.15, 0.2) is 12.1 Å². The van der Waals surface area contributed by atoms with Crippen molar-refractivity contribution < 1.29 is 27.9 Å². The first-order chi connectivity index (χ1) is 9.20. The molecular formula is C13H14F3NO3. The van der Waals surface area contributed by atoms with Crippen molar-refractivity contribution in [3.8, 4) is 0 Å². The van der Waals surface area contributed by atoms with Crippen LogP contribution in [0.2, 0.25) is 0 Å². The van der Waals surface area contributed by atoms with E-state index < -0.39 is 34.6 Å². The van der Waals surface area contributed by atoms with Gasteiger partial charge < -0.3 is 10.8 Å². The minimum atomic E-state index is -4.86. The summed E-state index contributed by atoms with van der Waals surface area (Å²) >= 11 is 0. The van der Waals surface area contributed by atoms with Crippen LogP contribution in [0.25, 0.3) is 0 Å². The molecule has 1 rings (SSSR count). The van der Waals surface area contributed by atoms with Crippen LogP contribution in [0, 0.1) is 0 Å². The lowest BCUT2D eigenvalue weighted by Gasteiger charge is -2.15. The van der Waals surface area contributed by atoms with Gasteiger partial charge >= 0.3 is 12.1 Å². The van der Waals surface area contributed by atoms with Crippen molar-refractivity contribution in [3.05, 3.63) is 28.8 Å². The van der Waals surface area contributed by atoms with Crippen LogP contribution in [-0.4, -0.2) is 16.9 Å². The van der Waals surface area contributed by atoms with Gasteiger partial charge in [0.1, 0.15) is 0 Å². The molecule has 0 unspecified atom stereocenters. The number of hydrogen-bond acceptors (Lipinski definition) is 3. The number of carbonyl (C=O) groups excluding carboxylic acids is 1. The zero-order chi connectivity index (χ0) is 15.5. The molecule has 0 heterocycles. The highest BCUT2D eigenvalue weighted by atomic mass is 19.4. The van der Waals surface area contributed by atoms with Gasteiger partial charge in [-0.3, -0.25) is 4.79 Å². The lowest BCUT2D eigenvalue weighted by Crippen LogP contribution is -2.19. The van der Waals surface area contributed by atoms with E-state index in [0.29, 0.717) is 18.9 Å². The van der Waals surface area contributed by atoms with Gasteiger partial charge in [-0.05, 0) is 18.6 Å². The van der Waals surface area contributed by atoms with Gasteiger partial charge in [0.2, 0.25) is 0 Å². The van der Waals surface area contributed by atoms with Gasteiger partial charge in [0.25, 0.3) is 0 Å². The molecule has 0 fully saturated rings. The van der Waals surface area contributed by atoms with Gasteiger partial charge in [-0.2, -0.15) is 13.2 Å². The van der Waals surface area contributed by atoms with Crippen molar-refractivity contribution in [3.63, 3.8) is 0 Å². The average Bonchev–Trinajstić information content (AvgIpc) is 2.33. The molecule has 3 N–H and O–H groups in total. The molecule has 0 saturated carbocycles. The molecule has 1 aromatic carbocycles. The fraction of sp³-hybridized carbons (Fsp3) is 0.385. The van der Waals surface area contributed by atoms with Crippen LogP contribution in [0.4, 0.5) is 18.9 Å². The number of carboxylic acids is 1. The highest BCUT2D eigenvalue weighted by molar-refractivity contribution is 6.10. The van der Waals surface area contributed by atoms with Crippen molar-refractivity contribution in [2.45, 2.75) is 32.4 Å². The highest BCUT2D eigenvalue weighted by Crippen LogP contribution is 2.35. The van der Waals surface area contributed by atoms with Crippen LogP contribution >= 0.6 is 0 Å². The van der Waals surface area contributed by atoms with Crippen molar-refractivity contribution in [1.82, 2.24) is 0 Å². The lowest BCUT2D eigenvalue weighted by atomic mass is 9.93. The quantitative estimate of drug-likeness (QED) is 0.643. The standard InChI is InChI=1S/C13H14F3NO3/c1-2-3-4-9(18)11-8(17)6-5-7(13(14,15)16)10(11)12(19)20/h5-6H,2-4,17H2,1H3,(H,19,20). The Morgan fingerprint density at radius 3 is 2.30 bits per heavy atom. The third-order valence-corrected chi connectivity index (χ3v) is 2.79. The van der Waals surface area contributed by atoms with Crippen molar-refractivity contribution >= 4 is 17.4 Å². The molecule has 0 radical (unpaired) electrons. The minimum Gasteiger partial charge on any atom is -0.478 e. The molecule has 110 valence electrons. The van der Waals surface area contributed by atoms with E-state index in [4.69, 9.17) is 10.8 Å². The molecule has 0 bridgehead atoms. The maximum Gasteiger partial charge on any atom is 0.417 e. The van der Waals surface area contributed by atoms with Crippen LogP contribution in [0.1, 0.15) is 52.5 Å². The molecular weight excluding hydrogens is 275 g/mol. The number of carboxylic acid groups (broad SMARTS) is 1. The van der Waals surface area contributed by atoms with Crippen molar-refractivity contribution in [2.24, 2.45) is 0 Å². The van der Waals surface area contributed by atoms with E-state index in [2.05, 4.69) is 0 Å². The monoisotopic (exact) mass is 289 g/mol. The summed E-state index contributed by atoms with van der Waals surface area (Å²) in [5.74, 6) is -2.50. The van der Waals surface area contributed by atoms with Crippen LogP contribution in [0.3, 0.4) is 0 Å². The minimum absolute atomic E-state index is 0.0394. The van der Waals surface area contributed by atoms with Gasteiger partial charge in [-0.25, -0.2) is 4.79 Å². The third kappa shape index (κ3) is 3.28. The van der Waals surface area contributed by atoms with Gasteiger partial charge in [0, 0.05) is 12.1 Å². The molecule has 0 spiro atoms. The van der Waals surface area contributed by atoms with Crippen molar-refractivity contribution in [1.29, 1.82) is 0 Å². The number of Topliss-reactive ketones (excluding diaryl/α,β-unsaturated/α-hetero) is 1. The molecule has 7 heteroatoms. The Labute approximate surface area is 113 Å². The normalized spacial score (nSPS) is 11.4. The first-order valence-corrected chi connectivity index (χ1v) is 5.96. The molecule has 0 aliphatic heterocycles. The van der Waals surface area contributed by atoms with E-state index in [1.165, 1.54) is 0 Å². The van der Waals surface area contributed by atoms with Crippen LogP contribution in [0.5, 0.6) is 0 Å². The van der Waals surface area contributed by atoms with E-state index in [0.717, 1.165) is 6.07 Å². The summed E-state index contributed by atoms with van der Waals surface area (Å²) in [6.07, 6.45) is -3.79. The number of alkyl halides is 3. The molecule has 20 heavy (non-hydrogen) atoms. The predicted octanol–water partition coefficient (Wildman–Crippen LogP) is 3.36. The first-order valence-electron chi connectivity index (χ1n) is 5.96. The second-order valence-electron chi connectivity index (χ2n) is 4.28. The number of hydrogen-bond donors (Lipinski definition) is 2. The average molecular weight is 289 g/mol. The predicted molar refractivity (Wildman–Crippen MR) is 66.7 cm³/mol. The number of nitrogen functional groups attached to an aromatic ring is 1. The zero-order valence-corrected chi connectivity index (χ0v) is 10.8. The Morgan fingerprint density at radius 2 is 1.85 bits per heavy atom.